The molecule has 1 N–H and O–H groups in total. The van der Waals surface area contributed by atoms with Crippen molar-refractivity contribution in [2.75, 3.05) is 7.11 Å². The molecule has 1 saturated carbocycles. The standard InChI is InChI=1S/C17H24O2/c1-19-17(10-5-11-17)16(18)12-14-8-4-7-13-6-2-3-9-15(13)14/h2-3,6,9,14,16,18H,4-5,7-8,10-12H2,1H3. The van der Waals surface area contributed by atoms with Crippen LogP contribution in [0.3, 0.4) is 0 Å². The first-order valence-corrected chi connectivity index (χ1v) is 7.56. The van der Waals surface area contributed by atoms with Crippen molar-refractivity contribution in [3.63, 3.8) is 0 Å². The molecule has 2 nitrogen and oxygen atoms in total. The van der Waals surface area contributed by atoms with Gasteiger partial charge in [-0.3, -0.25) is 0 Å². The van der Waals surface area contributed by atoms with Crippen LogP contribution in [-0.4, -0.2) is 23.9 Å². The minimum atomic E-state index is -0.317. The first-order chi connectivity index (χ1) is 9.25. The number of hydrogen-bond donors (Lipinski definition) is 1. The molecule has 2 unspecified atom stereocenters. The Morgan fingerprint density at radius 2 is 2.11 bits per heavy atom. The van der Waals surface area contributed by atoms with E-state index in [-0.39, 0.29) is 11.7 Å². The summed E-state index contributed by atoms with van der Waals surface area (Å²) in [6.45, 7) is 0. The fourth-order valence-corrected chi connectivity index (χ4v) is 3.78. The highest BCUT2D eigenvalue weighted by molar-refractivity contribution is 5.32. The number of fused-ring (bicyclic) bond motifs is 1. The van der Waals surface area contributed by atoms with Crippen LogP contribution in [0.2, 0.25) is 0 Å². The molecule has 2 aliphatic carbocycles. The van der Waals surface area contributed by atoms with Gasteiger partial charge in [-0.15, -0.1) is 0 Å². The first-order valence-electron chi connectivity index (χ1n) is 7.56. The van der Waals surface area contributed by atoms with Gasteiger partial charge in [0.1, 0.15) is 0 Å². The Balaban J connectivity index is 1.74. The normalized spacial score (nSPS) is 26.3. The van der Waals surface area contributed by atoms with Gasteiger partial charge in [0.15, 0.2) is 0 Å². The van der Waals surface area contributed by atoms with E-state index in [1.54, 1.807) is 7.11 Å². The van der Waals surface area contributed by atoms with Gasteiger partial charge < -0.3 is 9.84 Å². The van der Waals surface area contributed by atoms with Crippen LogP contribution < -0.4 is 0 Å². The molecule has 0 amide bonds. The number of aliphatic hydroxyl groups is 1. The van der Waals surface area contributed by atoms with E-state index in [1.165, 1.54) is 36.8 Å². The maximum absolute atomic E-state index is 10.6. The first kappa shape index (κ1) is 13.1. The van der Waals surface area contributed by atoms with E-state index in [1.807, 2.05) is 0 Å². The minimum Gasteiger partial charge on any atom is -0.390 e. The molecule has 2 heteroatoms. The molecule has 2 atom stereocenters. The topological polar surface area (TPSA) is 29.5 Å². The van der Waals surface area contributed by atoms with Crippen molar-refractivity contribution in [3.05, 3.63) is 35.4 Å². The Kier molecular flexibility index (Phi) is 3.64. The zero-order valence-corrected chi connectivity index (χ0v) is 11.8. The zero-order chi connectivity index (χ0) is 13.3. The quantitative estimate of drug-likeness (QED) is 0.898. The summed E-state index contributed by atoms with van der Waals surface area (Å²) >= 11 is 0. The third-order valence-corrected chi connectivity index (χ3v) is 5.22. The molecule has 0 radical (unpaired) electrons. The van der Waals surface area contributed by atoms with Gasteiger partial charge >= 0.3 is 0 Å². The van der Waals surface area contributed by atoms with E-state index in [4.69, 9.17) is 4.74 Å². The van der Waals surface area contributed by atoms with Gasteiger partial charge in [0.2, 0.25) is 0 Å². The molecule has 3 rings (SSSR count). The van der Waals surface area contributed by atoms with Crippen LogP contribution in [0, 0.1) is 0 Å². The van der Waals surface area contributed by atoms with Crippen molar-refractivity contribution < 1.29 is 9.84 Å². The van der Waals surface area contributed by atoms with Crippen LogP contribution in [0.5, 0.6) is 0 Å². The second-order valence-electron chi connectivity index (χ2n) is 6.16. The average molecular weight is 260 g/mol. The Hall–Kier alpha value is -0.860. The van der Waals surface area contributed by atoms with Gasteiger partial charge in [-0.2, -0.15) is 0 Å². The summed E-state index contributed by atoms with van der Waals surface area (Å²) in [5.41, 5.74) is 2.69. The van der Waals surface area contributed by atoms with Crippen molar-refractivity contribution in [3.8, 4) is 0 Å². The van der Waals surface area contributed by atoms with Crippen molar-refractivity contribution in [2.45, 2.75) is 62.6 Å². The summed E-state index contributed by atoms with van der Waals surface area (Å²) in [6, 6.07) is 8.73. The number of methoxy groups -OCH3 is 1. The second kappa shape index (κ2) is 5.26. The van der Waals surface area contributed by atoms with Crippen LogP contribution >= 0.6 is 0 Å². The lowest BCUT2D eigenvalue weighted by Crippen LogP contribution is -2.50. The van der Waals surface area contributed by atoms with Gasteiger partial charge in [-0.1, -0.05) is 24.3 Å². The van der Waals surface area contributed by atoms with Gasteiger partial charge in [-0.25, -0.2) is 0 Å². The summed E-state index contributed by atoms with van der Waals surface area (Å²) < 4.78 is 5.62. The third kappa shape index (κ3) is 2.32. The SMILES string of the molecule is COC1(C(O)CC2CCCc3ccccc32)CCC1. The lowest BCUT2D eigenvalue weighted by atomic mass is 9.71. The fourth-order valence-electron chi connectivity index (χ4n) is 3.78. The van der Waals surface area contributed by atoms with Crippen molar-refractivity contribution in [1.82, 2.24) is 0 Å². The molecule has 19 heavy (non-hydrogen) atoms. The largest absolute Gasteiger partial charge is 0.390 e. The molecule has 0 aromatic heterocycles. The lowest BCUT2D eigenvalue weighted by Gasteiger charge is -2.45. The van der Waals surface area contributed by atoms with E-state index < -0.39 is 0 Å². The fraction of sp³-hybridized carbons (Fsp3) is 0.647. The number of ether oxygens (including phenoxy) is 1. The van der Waals surface area contributed by atoms with E-state index in [0.29, 0.717) is 5.92 Å². The Labute approximate surface area is 115 Å². The van der Waals surface area contributed by atoms with Crippen LogP contribution in [0.15, 0.2) is 24.3 Å². The summed E-state index contributed by atoms with van der Waals surface area (Å²) in [4.78, 5) is 0. The van der Waals surface area contributed by atoms with Crippen molar-refractivity contribution in [1.29, 1.82) is 0 Å². The molecule has 0 aliphatic heterocycles. The molecule has 0 spiro atoms. The Bertz CT molecular complexity index is 431. The molecule has 0 bridgehead atoms. The maximum atomic E-state index is 10.6. The summed E-state index contributed by atoms with van der Waals surface area (Å²) in [5, 5.41) is 10.6. The van der Waals surface area contributed by atoms with Crippen molar-refractivity contribution in [2.24, 2.45) is 0 Å². The average Bonchev–Trinajstić information content (AvgIpc) is 2.38. The molecular weight excluding hydrogens is 236 g/mol. The summed E-state index contributed by atoms with van der Waals surface area (Å²) in [7, 11) is 1.75. The Morgan fingerprint density at radius 1 is 1.32 bits per heavy atom. The maximum Gasteiger partial charge on any atom is 0.0936 e. The molecule has 0 heterocycles. The van der Waals surface area contributed by atoms with Gasteiger partial charge in [0.25, 0.3) is 0 Å². The van der Waals surface area contributed by atoms with Gasteiger partial charge in [0.05, 0.1) is 11.7 Å². The molecule has 2 aliphatic rings. The lowest BCUT2D eigenvalue weighted by molar-refractivity contribution is -0.153. The van der Waals surface area contributed by atoms with Crippen LogP contribution in [-0.2, 0) is 11.2 Å². The predicted octanol–water partition coefficient (Wildman–Crippen LogP) is 3.43. The molecule has 0 saturated heterocycles. The highest BCUT2D eigenvalue weighted by Gasteiger charge is 2.44. The monoisotopic (exact) mass is 260 g/mol. The highest BCUT2D eigenvalue weighted by Crippen LogP contribution is 2.43. The van der Waals surface area contributed by atoms with E-state index in [0.717, 1.165) is 19.3 Å². The molecule has 104 valence electrons. The number of aliphatic hydroxyl groups excluding tert-OH is 1. The molecular formula is C17H24O2. The van der Waals surface area contributed by atoms with E-state index >= 15 is 0 Å². The molecule has 1 fully saturated rings. The smallest absolute Gasteiger partial charge is 0.0936 e. The Morgan fingerprint density at radius 3 is 2.79 bits per heavy atom. The van der Waals surface area contributed by atoms with Crippen molar-refractivity contribution >= 4 is 0 Å². The molecule has 1 aromatic carbocycles. The zero-order valence-electron chi connectivity index (χ0n) is 11.8. The predicted molar refractivity (Wildman–Crippen MR) is 76.3 cm³/mol. The summed E-state index contributed by atoms with van der Waals surface area (Å²) in [5.74, 6) is 0.507. The van der Waals surface area contributed by atoms with Crippen LogP contribution in [0.25, 0.3) is 0 Å². The van der Waals surface area contributed by atoms with E-state index in [2.05, 4.69) is 24.3 Å². The minimum absolute atomic E-state index is 0.244. The van der Waals surface area contributed by atoms with E-state index in [9.17, 15) is 5.11 Å². The third-order valence-electron chi connectivity index (χ3n) is 5.22. The number of aryl methyl sites for hydroxylation is 1. The summed E-state index contributed by atoms with van der Waals surface area (Å²) in [6.07, 6.45) is 7.39. The van der Waals surface area contributed by atoms with Gasteiger partial charge in [0, 0.05) is 7.11 Å². The van der Waals surface area contributed by atoms with Gasteiger partial charge in [-0.05, 0) is 62.0 Å². The second-order valence-corrected chi connectivity index (χ2v) is 6.16. The number of benzene rings is 1. The highest BCUT2D eigenvalue weighted by atomic mass is 16.5. The number of hydrogen-bond acceptors (Lipinski definition) is 2. The molecule has 1 aromatic rings. The van der Waals surface area contributed by atoms with Crippen LogP contribution in [0.4, 0.5) is 0 Å². The number of rotatable bonds is 4. The van der Waals surface area contributed by atoms with Crippen LogP contribution in [0.1, 0.15) is 55.6 Å².